The van der Waals surface area contributed by atoms with Crippen molar-refractivity contribution in [2.24, 2.45) is 0 Å². The number of anilines is 1. The van der Waals surface area contributed by atoms with E-state index >= 15 is 0 Å². The van der Waals surface area contributed by atoms with Crippen LogP contribution in [0, 0.1) is 0 Å². The lowest BCUT2D eigenvalue weighted by Gasteiger charge is -2.25. The third-order valence-corrected chi connectivity index (χ3v) is 4.98. The molecule has 0 aliphatic carbocycles. The maximum Gasteiger partial charge on any atom is 0.229 e. The first kappa shape index (κ1) is 15.6. The first-order chi connectivity index (χ1) is 13.3. The molecule has 1 aliphatic rings. The highest BCUT2D eigenvalue weighted by Crippen LogP contribution is 2.35. The Morgan fingerprint density at radius 1 is 0.963 bits per heavy atom. The molecule has 4 aromatic rings. The van der Waals surface area contributed by atoms with E-state index in [1.54, 1.807) is 13.4 Å². The van der Waals surface area contributed by atoms with E-state index in [0.717, 1.165) is 28.5 Å². The fraction of sp³-hybridized carbons (Fsp3) is 0.0909. The molecule has 0 saturated heterocycles. The third-order valence-electron chi connectivity index (χ3n) is 4.98. The highest BCUT2D eigenvalue weighted by atomic mass is 16.5. The van der Waals surface area contributed by atoms with Crippen LogP contribution in [0.5, 0.6) is 5.75 Å². The van der Waals surface area contributed by atoms with Gasteiger partial charge < -0.3 is 10.1 Å². The van der Waals surface area contributed by atoms with Gasteiger partial charge in [0.05, 0.1) is 13.2 Å². The van der Waals surface area contributed by atoms with Crippen LogP contribution in [0.3, 0.4) is 0 Å². The quantitative estimate of drug-likeness (QED) is 0.589. The van der Waals surface area contributed by atoms with E-state index in [2.05, 4.69) is 76.2 Å². The molecule has 5 rings (SSSR count). The molecule has 0 bridgehead atoms. The number of nitrogens with zero attached hydrogens (tertiary/aromatic N) is 3. The summed E-state index contributed by atoms with van der Waals surface area (Å²) >= 11 is 0. The van der Waals surface area contributed by atoms with Crippen LogP contribution in [0.25, 0.3) is 16.5 Å². The Bertz CT molecular complexity index is 1140. The standard InChI is InChI=1S/C22H18N4O/c1-27-17-11-9-16(10-12-17)21-13-20(24-22-25-23-14-26(21)22)19-8-4-6-15-5-2-3-7-18(15)19/h2-14,21H,1H3,(H,24,25). The molecule has 0 saturated carbocycles. The number of rotatable bonds is 3. The lowest BCUT2D eigenvalue weighted by atomic mass is 9.97. The largest absolute Gasteiger partial charge is 0.497 e. The molecule has 27 heavy (non-hydrogen) atoms. The lowest BCUT2D eigenvalue weighted by molar-refractivity contribution is 0.414. The molecule has 1 aliphatic heterocycles. The summed E-state index contributed by atoms with van der Waals surface area (Å²) in [7, 11) is 1.68. The average Bonchev–Trinajstić information content (AvgIpc) is 3.21. The van der Waals surface area contributed by atoms with Crippen LogP contribution in [-0.4, -0.2) is 21.9 Å². The van der Waals surface area contributed by atoms with Gasteiger partial charge in [0.1, 0.15) is 12.1 Å². The predicted octanol–water partition coefficient (Wildman–Crippen LogP) is 4.50. The molecule has 1 aromatic heterocycles. The van der Waals surface area contributed by atoms with Crippen molar-refractivity contribution < 1.29 is 4.74 Å². The number of fused-ring (bicyclic) bond motifs is 2. The number of aromatic nitrogens is 3. The molecule has 132 valence electrons. The number of nitrogens with one attached hydrogen (secondary N) is 1. The van der Waals surface area contributed by atoms with E-state index in [-0.39, 0.29) is 6.04 Å². The molecule has 0 radical (unpaired) electrons. The van der Waals surface area contributed by atoms with E-state index in [1.807, 2.05) is 16.7 Å². The number of hydrogen-bond acceptors (Lipinski definition) is 4. The Morgan fingerprint density at radius 3 is 2.63 bits per heavy atom. The number of benzene rings is 3. The van der Waals surface area contributed by atoms with E-state index in [4.69, 9.17) is 4.74 Å². The zero-order valence-corrected chi connectivity index (χ0v) is 14.8. The van der Waals surface area contributed by atoms with Gasteiger partial charge in [-0.05, 0) is 34.5 Å². The van der Waals surface area contributed by atoms with Gasteiger partial charge in [-0.15, -0.1) is 10.2 Å². The van der Waals surface area contributed by atoms with Gasteiger partial charge in [0.25, 0.3) is 0 Å². The van der Waals surface area contributed by atoms with Crippen molar-refractivity contribution in [1.29, 1.82) is 0 Å². The van der Waals surface area contributed by atoms with Crippen molar-refractivity contribution >= 4 is 22.4 Å². The first-order valence-electron chi connectivity index (χ1n) is 8.84. The summed E-state index contributed by atoms with van der Waals surface area (Å²) in [5.74, 6) is 1.58. The van der Waals surface area contributed by atoms with E-state index in [1.165, 1.54) is 10.8 Å². The van der Waals surface area contributed by atoms with Crippen LogP contribution in [-0.2, 0) is 0 Å². The number of ether oxygens (including phenoxy) is 1. The van der Waals surface area contributed by atoms with Crippen LogP contribution in [0.4, 0.5) is 5.95 Å². The highest BCUT2D eigenvalue weighted by Gasteiger charge is 2.23. The van der Waals surface area contributed by atoms with E-state index < -0.39 is 0 Å². The van der Waals surface area contributed by atoms with Crippen LogP contribution < -0.4 is 10.1 Å². The van der Waals surface area contributed by atoms with Crippen molar-refractivity contribution in [2.75, 3.05) is 12.4 Å². The van der Waals surface area contributed by atoms with Gasteiger partial charge in [0.2, 0.25) is 5.95 Å². The van der Waals surface area contributed by atoms with Crippen molar-refractivity contribution in [1.82, 2.24) is 14.8 Å². The van der Waals surface area contributed by atoms with Gasteiger partial charge in [-0.25, -0.2) is 0 Å². The minimum Gasteiger partial charge on any atom is -0.497 e. The maximum atomic E-state index is 5.29. The Hall–Kier alpha value is -3.60. The summed E-state index contributed by atoms with van der Waals surface area (Å²) in [5.41, 5.74) is 3.34. The second-order valence-corrected chi connectivity index (χ2v) is 6.51. The molecule has 1 atom stereocenters. The lowest BCUT2D eigenvalue weighted by Crippen LogP contribution is -2.18. The minimum atomic E-state index is 0.0103. The van der Waals surface area contributed by atoms with Gasteiger partial charge in [-0.3, -0.25) is 4.57 Å². The van der Waals surface area contributed by atoms with Crippen molar-refractivity contribution in [3.05, 3.63) is 90.3 Å². The van der Waals surface area contributed by atoms with Crippen molar-refractivity contribution in [2.45, 2.75) is 6.04 Å². The van der Waals surface area contributed by atoms with Crippen LogP contribution >= 0.6 is 0 Å². The summed E-state index contributed by atoms with van der Waals surface area (Å²) in [4.78, 5) is 0. The molecular formula is C22H18N4O. The fourth-order valence-electron chi connectivity index (χ4n) is 3.61. The summed E-state index contributed by atoms with van der Waals surface area (Å²) in [6.45, 7) is 0. The smallest absolute Gasteiger partial charge is 0.229 e. The molecule has 5 heteroatoms. The van der Waals surface area contributed by atoms with Crippen LogP contribution in [0.1, 0.15) is 17.2 Å². The van der Waals surface area contributed by atoms with Gasteiger partial charge in [0, 0.05) is 11.3 Å². The molecule has 5 nitrogen and oxygen atoms in total. The van der Waals surface area contributed by atoms with Crippen LogP contribution in [0.2, 0.25) is 0 Å². The van der Waals surface area contributed by atoms with Gasteiger partial charge in [-0.1, -0.05) is 54.6 Å². The first-order valence-corrected chi connectivity index (χ1v) is 8.84. The van der Waals surface area contributed by atoms with E-state index in [0.29, 0.717) is 0 Å². The number of hydrogen-bond donors (Lipinski definition) is 1. The van der Waals surface area contributed by atoms with Gasteiger partial charge >= 0.3 is 0 Å². The highest BCUT2D eigenvalue weighted by molar-refractivity contribution is 5.96. The topological polar surface area (TPSA) is 52.0 Å². The molecule has 1 N–H and O–H groups in total. The minimum absolute atomic E-state index is 0.0103. The van der Waals surface area contributed by atoms with Gasteiger partial charge in [0.15, 0.2) is 0 Å². The molecule has 0 spiro atoms. The SMILES string of the molecule is COc1ccc(C2C=C(c3cccc4ccccc34)Nc3nncn32)cc1. The Labute approximate surface area is 156 Å². The van der Waals surface area contributed by atoms with Crippen LogP contribution in [0.15, 0.2) is 79.1 Å². The van der Waals surface area contributed by atoms with E-state index in [9.17, 15) is 0 Å². The Balaban J connectivity index is 1.65. The molecule has 0 amide bonds. The molecule has 2 heterocycles. The zero-order valence-electron chi connectivity index (χ0n) is 14.8. The predicted molar refractivity (Wildman–Crippen MR) is 107 cm³/mol. The normalized spacial score (nSPS) is 15.7. The molecule has 1 unspecified atom stereocenters. The zero-order chi connectivity index (χ0) is 18.2. The maximum absolute atomic E-state index is 5.29. The summed E-state index contributed by atoms with van der Waals surface area (Å²) in [5, 5.41) is 14.2. The third kappa shape index (κ3) is 2.64. The summed E-state index contributed by atoms with van der Waals surface area (Å²) in [6, 6.07) is 22.9. The Kier molecular flexibility index (Phi) is 3.64. The molecular weight excluding hydrogens is 336 g/mol. The van der Waals surface area contributed by atoms with Crippen molar-refractivity contribution in [3.8, 4) is 5.75 Å². The summed E-state index contributed by atoms with van der Waals surface area (Å²) < 4.78 is 7.33. The monoisotopic (exact) mass is 354 g/mol. The summed E-state index contributed by atoms with van der Waals surface area (Å²) in [6.07, 6.45) is 3.98. The van der Waals surface area contributed by atoms with Crippen molar-refractivity contribution in [3.63, 3.8) is 0 Å². The average molecular weight is 354 g/mol. The number of allylic oxidation sites excluding steroid dienone is 1. The second-order valence-electron chi connectivity index (χ2n) is 6.51. The fourth-order valence-corrected chi connectivity index (χ4v) is 3.61. The van der Waals surface area contributed by atoms with Gasteiger partial charge in [-0.2, -0.15) is 0 Å². The molecule has 0 fully saturated rings. The Morgan fingerprint density at radius 2 is 1.78 bits per heavy atom. The molecule has 3 aromatic carbocycles. The number of methoxy groups -OCH3 is 1. The second kappa shape index (κ2) is 6.29.